The largest absolute Gasteiger partial charge is 0.320 e. The van der Waals surface area contributed by atoms with Crippen LogP contribution in [0.3, 0.4) is 0 Å². The Balaban J connectivity index is 1.65. The van der Waals surface area contributed by atoms with Crippen LogP contribution in [0.5, 0.6) is 0 Å². The number of carbonyl (C=O) groups excluding carboxylic acids is 1. The Morgan fingerprint density at radius 3 is 2.59 bits per heavy atom. The Kier molecular flexibility index (Phi) is 4.04. The molecule has 0 bridgehead atoms. The van der Waals surface area contributed by atoms with Crippen LogP contribution in [0.4, 0.5) is 5.69 Å². The van der Waals surface area contributed by atoms with Crippen molar-refractivity contribution in [3.63, 3.8) is 0 Å². The minimum atomic E-state index is -0.533. The van der Waals surface area contributed by atoms with Crippen molar-refractivity contribution in [3.05, 3.63) is 82.7 Å². The monoisotopic (exact) mass is 359 g/mol. The van der Waals surface area contributed by atoms with Crippen LogP contribution in [0.1, 0.15) is 16.1 Å². The second kappa shape index (κ2) is 6.53. The molecule has 1 N–H and O–H groups in total. The van der Waals surface area contributed by atoms with Crippen molar-refractivity contribution < 1.29 is 4.79 Å². The van der Waals surface area contributed by atoms with Gasteiger partial charge in [0.15, 0.2) is 5.69 Å². The first-order valence-corrected chi connectivity index (χ1v) is 8.40. The predicted octanol–water partition coefficient (Wildman–Crippen LogP) is 2.68. The molecule has 2 heterocycles. The highest BCUT2D eigenvalue weighted by molar-refractivity contribution is 6.04. The van der Waals surface area contributed by atoms with Crippen molar-refractivity contribution in [2.45, 2.75) is 6.92 Å². The van der Waals surface area contributed by atoms with E-state index in [0.29, 0.717) is 16.6 Å². The fourth-order valence-corrected chi connectivity index (χ4v) is 2.96. The molecule has 0 saturated heterocycles. The number of nitrogens with one attached hydrogen (secondary N) is 1. The van der Waals surface area contributed by atoms with Crippen LogP contribution >= 0.6 is 0 Å². The first-order valence-electron chi connectivity index (χ1n) is 8.40. The second-order valence-corrected chi connectivity index (χ2v) is 6.29. The molecule has 0 aliphatic carbocycles. The third kappa shape index (κ3) is 3.10. The van der Waals surface area contributed by atoms with Crippen LogP contribution in [0.15, 0.2) is 66.0 Å². The van der Waals surface area contributed by atoms with Gasteiger partial charge in [-0.05, 0) is 43.3 Å². The predicted molar refractivity (Wildman–Crippen MR) is 103 cm³/mol. The average Bonchev–Trinajstić information content (AvgIpc) is 3.20. The van der Waals surface area contributed by atoms with E-state index in [-0.39, 0.29) is 11.1 Å². The molecule has 7 nitrogen and oxygen atoms in total. The maximum Gasteiger partial charge on any atom is 0.280 e. The van der Waals surface area contributed by atoms with Gasteiger partial charge in [0.05, 0.1) is 17.2 Å². The highest BCUT2D eigenvalue weighted by Crippen LogP contribution is 2.15. The van der Waals surface area contributed by atoms with Crippen LogP contribution in [0.2, 0.25) is 0 Å². The molecule has 0 saturated carbocycles. The van der Waals surface area contributed by atoms with Crippen LogP contribution < -0.4 is 10.7 Å². The lowest BCUT2D eigenvalue weighted by molar-refractivity contribution is 0.101. The third-order valence-corrected chi connectivity index (χ3v) is 4.35. The second-order valence-electron chi connectivity index (χ2n) is 6.29. The molecule has 0 atom stereocenters. The fraction of sp³-hybridized carbons (Fsp3) is 0.100. The zero-order chi connectivity index (χ0) is 19.0. The summed E-state index contributed by atoms with van der Waals surface area (Å²) in [5, 5.41) is 7.38. The maximum atomic E-state index is 12.7. The number of amides is 1. The van der Waals surface area contributed by atoms with Crippen LogP contribution in [-0.2, 0) is 7.05 Å². The van der Waals surface area contributed by atoms with Crippen molar-refractivity contribution >= 4 is 22.5 Å². The highest BCUT2D eigenvalue weighted by Gasteiger charge is 2.17. The number of imidazole rings is 1. The molecule has 27 heavy (non-hydrogen) atoms. The number of hydrogen-bond donors (Lipinski definition) is 1. The van der Waals surface area contributed by atoms with E-state index in [4.69, 9.17) is 0 Å². The molecule has 0 fully saturated rings. The lowest BCUT2D eigenvalue weighted by Gasteiger charge is -2.09. The normalized spacial score (nSPS) is 10.9. The number of fused-ring (bicyclic) bond motifs is 1. The summed E-state index contributed by atoms with van der Waals surface area (Å²) in [5.74, 6) is -0.533. The smallest absolute Gasteiger partial charge is 0.280 e. The molecule has 0 aliphatic heterocycles. The summed E-state index contributed by atoms with van der Waals surface area (Å²) < 4.78 is 3.40. The van der Waals surface area contributed by atoms with E-state index in [1.165, 1.54) is 0 Å². The van der Waals surface area contributed by atoms with Crippen LogP contribution in [0, 0.1) is 6.92 Å². The molecule has 0 radical (unpaired) electrons. The number of aryl methyl sites for hydroxylation is 2. The first kappa shape index (κ1) is 16.7. The number of carbonyl (C=O) groups is 1. The van der Waals surface area contributed by atoms with Gasteiger partial charge >= 0.3 is 0 Å². The Hall–Kier alpha value is -3.74. The van der Waals surface area contributed by atoms with Crippen molar-refractivity contribution in [2.24, 2.45) is 7.05 Å². The summed E-state index contributed by atoms with van der Waals surface area (Å²) in [7, 11) is 1.72. The van der Waals surface area contributed by atoms with Crippen molar-refractivity contribution in [3.8, 4) is 5.69 Å². The van der Waals surface area contributed by atoms with E-state index in [9.17, 15) is 9.59 Å². The van der Waals surface area contributed by atoms with Gasteiger partial charge in [0.25, 0.3) is 5.91 Å². The molecule has 134 valence electrons. The fourth-order valence-electron chi connectivity index (χ4n) is 2.96. The van der Waals surface area contributed by atoms with Crippen molar-refractivity contribution in [2.75, 3.05) is 5.32 Å². The molecular weight excluding hydrogens is 342 g/mol. The Labute approximate surface area is 154 Å². The first-order chi connectivity index (χ1) is 13.0. The molecule has 0 unspecified atom stereocenters. The molecule has 7 heteroatoms. The summed E-state index contributed by atoms with van der Waals surface area (Å²) in [5.41, 5.74) is 2.63. The molecule has 2 aromatic carbocycles. The van der Waals surface area contributed by atoms with Gasteiger partial charge in [-0.3, -0.25) is 14.3 Å². The minimum Gasteiger partial charge on any atom is -0.320 e. The van der Waals surface area contributed by atoms with Gasteiger partial charge in [0.2, 0.25) is 5.43 Å². The van der Waals surface area contributed by atoms with E-state index < -0.39 is 5.91 Å². The van der Waals surface area contributed by atoms with Gasteiger partial charge in [-0.25, -0.2) is 4.98 Å². The van der Waals surface area contributed by atoms with Crippen molar-refractivity contribution in [1.29, 1.82) is 0 Å². The van der Waals surface area contributed by atoms with E-state index >= 15 is 0 Å². The molecule has 2 aromatic heterocycles. The molecular formula is C20H17N5O2. The van der Waals surface area contributed by atoms with E-state index in [2.05, 4.69) is 15.4 Å². The number of nitrogens with zero attached hydrogens (tertiary/aromatic N) is 4. The van der Waals surface area contributed by atoms with Gasteiger partial charge in [-0.15, -0.1) is 0 Å². The standard InChI is InChI=1S/C20H17N5O2/c1-13-3-8-17-16(11-13)19(26)18(23-24(17)2)20(27)22-14-4-6-15(7-5-14)25-10-9-21-12-25/h3-12H,1-2H3,(H,22,27). The zero-order valence-electron chi connectivity index (χ0n) is 14.9. The van der Waals surface area contributed by atoms with E-state index in [1.807, 2.05) is 42.0 Å². The number of rotatable bonds is 3. The van der Waals surface area contributed by atoms with E-state index in [1.54, 1.807) is 42.5 Å². The number of aromatic nitrogens is 4. The van der Waals surface area contributed by atoms with Crippen molar-refractivity contribution in [1.82, 2.24) is 19.3 Å². The van der Waals surface area contributed by atoms with E-state index in [0.717, 1.165) is 11.3 Å². The SMILES string of the molecule is Cc1ccc2c(c1)c(=O)c(C(=O)Nc1ccc(-n3ccnc3)cc1)nn2C. The lowest BCUT2D eigenvalue weighted by Crippen LogP contribution is -2.26. The zero-order valence-corrected chi connectivity index (χ0v) is 14.9. The summed E-state index contributed by atoms with van der Waals surface area (Å²) in [6, 6.07) is 12.8. The molecule has 0 spiro atoms. The van der Waals surface area contributed by atoms with Gasteiger partial charge in [-0.2, -0.15) is 5.10 Å². The number of anilines is 1. The number of benzene rings is 2. The summed E-state index contributed by atoms with van der Waals surface area (Å²) in [6.45, 7) is 1.90. The van der Waals surface area contributed by atoms with Gasteiger partial charge in [-0.1, -0.05) is 11.6 Å². The average molecular weight is 359 g/mol. The maximum absolute atomic E-state index is 12.7. The van der Waals surface area contributed by atoms with Gasteiger partial charge in [0.1, 0.15) is 0 Å². The highest BCUT2D eigenvalue weighted by atomic mass is 16.2. The van der Waals surface area contributed by atoms with Gasteiger partial charge < -0.3 is 9.88 Å². The minimum absolute atomic E-state index is 0.130. The molecule has 4 rings (SSSR count). The topological polar surface area (TPSA) is 81.8 Å². The Morgan fingerprint density at radius 2 is 1.89 bits per heavy atom. The molecule has 0 aliphatic rings. The Morgan fingerprint density at radius 1 is 1.11 bits per heavy atom. The summed E-state index contributed by atoms with van der Waals surface area (Å²) in [4.78, 5) is 29.4. The molecule has 4 aromatic rings. The lowest BCUT2D eigenvalue weighted by atomic mass is 10.1. The summed E-state index contributed by atoms with van der Waals surface area (Å²) >= 11 is 0. The van der Waals surface area contributed by atoms with Crippen LogP contribution in [-0.4, -0.2) is 25.2 Å². The van der Waals surface area contributed by atoms with Gasteiger partial charge in [0, 0.05) is 30.8 Å². The quantitative estimate of drug-likeness (QED) is 0.610. The summed E-state index contributed by atoms with van der Waals surface area (Å²) in [6.07, 6.45) is 5.22. The number of hydrogen-bond acceptors (Lipinski definition) is 4. The third-order valence-electron chi connectivity index (χ3n) is 4.35. The Bertz CT molecular complexity index is 1190. The molecule has 1 amide bonds. The van der Waals surface area contributed by atoms with Crippen LogP contribution in [0.25, 0.3) is 16.6 Å².